The zero-order chi connectivity index (χ0) is 15.9. The smallest absolute Gasteiger partial charge is 0.230 e. The summed E-state index contributed by atoms with van der Waals surface area (Å²) in [4.78, 5) is 16.0. The van der Waals surface area contributed by atoms with E-state index in [1.165, 1.54) is 47.4 Å². The lowest BCUT2D eigenvalue weighted by molar-refractivity contribution is -0.119. The van der Waals surface area contributed by atoms with Crippen molar-refractivity contribution in [1.29, 1.82) is 0 Å². The van der Waals surface area contributed by atoms with Gasteiger partial charge in [0.25, 0.3) is 0 Å². The van der Waals surface area contributed by atoms with Crippen molar-refractivity contribution in [1.82, 2.24) is 10.3 Å². The van der Waals surface area contributed by atoms with Crippen molar-refractivity contribution in [3.63, 3.8) is 0 Å². The van der Waals surface area contributed by atoms with Gasteiger partial charge >= 0.3 is 0 Å². The van der Waals surface area contributed by atoms with Crippen LogP contribution in [0.4, 0.5) is 4.39 Å². The number of thiazole rings is 1. The van der Waals surface area contributed by atoms with Crippen LogP contribution < -0.4 is 5.32 Å². The summed E-state index contributed by atoms with van der Waals surface area (Å²) in [6.45, 7) is 1.72. The molecule has 1 amide bonds. The third kappa shape index (κ3) is 5.08. The Hall–Kier alpha value is -1.44. The van der Waals surface area contributed by atoms with E-state index in [0.29, 0.717) is 17.1 Å². The number of halogens is 1. The van der Waals surface area contributed by atoms with Gasteiger partial charge in [0.1, 0.15) is 5.82 Å². The van der Waals surface area contributed by atoms with Crippen LogP contribution in [0.1, 0.15) is 24.3 Å². The molecule has 0 aliphatic heterocycles. The van der Waals surface area contributed by atoms with Crippen LogP contribution in [0.5, 0.6) is 0 Å². The maximum absolute atomic E-state index is 12.9. The number of nitrogens with one attached hydrogen (secondary N) is 1. The van der Waals surface area contributed by atoms with E-state index in [9.17, 15) is 14.3 Å². The van der Waals surface area contributed by atoms with E-state index in [0.717, 1.165) is 5.69 Å². The second-order valence-corrected chi connectivity index (χ2v) is 6.53. The van der Waals surface area contributed by atoms with Crippen molar-refractivity contribution in [3.8, 4) is 0 Å². The molecule has 118 valence electrons. The van der Waals surface area contributed by atoms with Crippen LogP contribution in [-0.4, -0.2) is 27.8 Å². The van der Waals surface area contributed by atoms with Gasteiger partial charge in [-0.2, -0.15) is 0 Å². The molecule has 1 aromatic carbocycles. The first-order chi connectivity index (χ1) is 10.6. The molecule has 0 saturated carbocycles. The van der Waals surface area contributed by atoms with Crippen molar-refractivity contribution >= 4 is 29.0 Å². The van der Waals surface area contributed by atoms with E-state index in [4.69, 9.17) is 0 Å². The van der Waals surface area contributed by atoms with Gasteiger partial charge in [-0.1, -0.05) is 12.1 Å². The highest BCUT2D eigenvalue weighted by Crippen LogP contribution is 2.17. The summed E-state index contributed by atoms with van der Waals surface area (Å²) < 4.78 is 12.9. The topological polar surface area (TPSA) is 62.2 Å². The van der Waals surface area contributed by atoms with Gasteiger partial charge < -0.3 is 10.4 Å². The number of amides is 1. The number of nitrogens with zero attached hydrogens (tertiary/aromatic N) is 1. The fourth-order valence-electron chi connectivity index (χ4n) is 1.88. The van der Waals surface area contributed by atoms with Gasteiger partial charge in [0.05, 0.1) is 29.1 Å². The second-order valence-electron chi connectivity index (χ2n) is 4.83. The molecule has 2 atom stereocenters. The predicted molar refractivity (Wildman–Crippen MR) is 87.2 cm³/mol. The molecule has 2 N–H and O–H groups in total. The molecule has 7 heteroatoms. The number of hydrogen-bond donors (Lipinski definition) is 2. The number of aliphatic hydroxyl groups is 1. The normalized spacial score (nSPS) is 13.6. The van der Waals surface area contributed by atoms with Crippen LogP contribution in [0.3, 0.4) is 0 Å². The molecule has 1 aromatic heterocycles. The van der Waals surface area contributed by atoms with Crippen LogP contribution in [0.25, 0.3) is 0 Å². The summed E-state index contributed by atoms with van der Waals surface area (Å²) in [5.41, 5.74) is 3.29. The summed E-state index contributed by atoms with van der Waals surface area (Å²) in [5, 5.41) is 14.9. The van der Waals surface area contributed by atoms with Crippen LogP contribution in [0, 0.1) is 5.82 Å². The quantitative estimate of drug-likeness (QED) is 0.814. The van der Waals surface area contributed by atoms with Crippen molar-refractivity contribution in [2.45, 2.75) is 24.8 Å². The first-order valence-electron chi connectivity index (χ1n) is 6.74. The molecule has 0 saturated heterocycles. The summed E-state index contributed by atoms with van der Waals surface area (Å²) in [6.07, 6.45) is -0.868. The van der Waals surface area contributed by atoms with Gasteiger partial charge in [0, 0.05) is 11.1 Å². The first kappa shape index (κ1) is 16.9. The Morgan fingerprint density at radius 3 is 2.82 bits per heavy atom. The molecule has 1 heterocycles. The Morgan fingerprint density at radius 2 is 2.18 bits per heavy atom. The van der Waals surface area contributed by atoms with Crippen LogP contribution >= 0.6 is 23.1 Å². The standard InChI is InChI=1S/C15H17FN2O2S2/c1-10(15(20)11-2-4-12(16)5-3-11)18-14(19)8-21-6-13-7-22-9-17-13/h2-5,7,9-10,15,20H,6,8H2,1H3,(H,18,19). The Balaban J connectivity index is 1.76. The largest absolute Gasteiger partial charge is 0.386 e. The molecule has 0 aliphatic rings. The molecule has 0 bridgehead atoms. The highest BCUT2D eigenvalue weighted by Gasteiger charge is 2.18. The molecule has 2 unspecified atom stereocenters. The Morgan fingerprint density at radius 1 is 1.45 bits per heavy atom. The van der Waals surface area contributed by atoms with Crippen LogP contribution in [0.2, 0.25) is 0 Å². The molecule has 2 rings (SSSR count). The van der Waals surface area contributed by atoms with Crippen molar-refractivity contribution < 1.29 is 14.3 Å². The molecule has 0 radical (unpaired) electrons. The third-order valence-electron chi connectivity index (χ3n) is 3.04. The lowest BCUT2D eigenvalue weighted by Gasteiger charge is -2.20. The highest BCUT2D eigenvalue weighted by molar-refractivity contribution is 7.99. The number of carbonyl (C=O) groups excluding carboxylic acids is 1. The number of carbonyl (C=O) groups is 1. The van der Waals surface area contributed by atoms with Gasteiger partial charge in [-0.15, -0.1) is 23.1 Å². The van der Waals surface area contributed by atoms with E-state index >= 15 is 0 Å². The maximum atomic E-state index is 12.9. The van der Waals surface area contributed by atoms with E-state index in [2.05, 4.69) is 10.3 Å². The van der Waals surface area contributed by atoms with E-state index in [1.807, 2.05) is 5.38 Å². The lowest BCUT2D eigenvalue weighted by Crippen LogP contribution is -2.38. The number of aliphatic hydroxyl groups excluding tert-OH is 1. The Bertz CT molecular complexity index is 590. The Kier molecular flexibility index (Phi) is 6.35. The molecular weight excluding hydrogens is 323 g/mol. The Labute approximate surface area is 136 Å². The van der Waals surface area contributed by atoms with Gasteiger partial charge in [-0.05, 0) is 24.6 Å². The van der Waals surface area contributed by atoms with E-state index < -0.39 is 12.1 Å². The average molecular weight is 340 g/mol. The van der Waals surface area contributed by atoms with Crippen LogP contribution in [0.15, 0.2) is 35.2 Å². The molecule has 0 fully saturated rings. The summed E-state index contributed by atoms with van der Waals surface area (Å²) in [5.74, 6) is 0.490. The lowest BCUT2D eigenvalue weighted by atomic mass is 10.0. The highest BCUT2D eigenvalue weighted by atomic mass is 32.2. The second kappa shape index (κ2) is 8.26. The van der Waals surface area contributed by atoms with Gasteiger partial charge in [0.15, 0.2) is 0 Å². The minimum Gasteiger partial charge on any atom is -0.386 e. The van der Waals surface area contributed by atoms with Crippen molar-refractivity contribution in [2.75, 3.05) is 5.75 Å². The molecule has 0 spiro atoms. The average Bonchev–Trinajstić information content (AvgIpc) is 3.00. The van der Waals surface area contributed by atoms with E-state index in [-0.39, 0.29) is 11.7 Å². The molecule has 22 heavy (non-hydrogen) atoms. The minimum absolute atomic E-state index is 0.145. The van der Waals surface area contributed by atoms with Crippen molar-refractivity contribution in [2.24, 2.45) is 0 Å². The molecule has 4 nitrogen and oxygen atoms in total. The summed E-state index contributed by atoms with van der Waals surface area (Å²) in [6, 6.07) is 5.16. The van der Waals surface area contributed by atoms with E-state index in [1.54, 1.807) is 12.4 Å². The van der Waals surface area contributed by atoms with Gasteiger partial charge in [0.2, 0.25) is 5.91 Å². The predicted octanol–water partition coefficient (Wildman–Crippen LogP) is 2.75. The van der Waals surface area contributed by atoms with Gasteiger partial charge in [-0.25, -0.2) is 9.37 Å². The SMILES string of the molecule is CC(NC(=O)CSCc1cscn1)C(O)c1ccc(F)cc1. The number of benzene rings is 1. The monoisotopic (exact) mass is 340 g/mol. The third-order valence-corrected chi connectivity index (χ3v) is 4.64. The van der Waals surface area contributed by atoms with Crippen LogP contribution in [-0.2, 0) is 10.5 Å². The fraction of sp³-hybridized carbons (Fsp3) is 0.333. The number of hydrogen-bond acceptors (Lipinski definition) is 5. The minimum atomic E-state index is -0.868. The fourth-order valence-corrected chi connectivity index (χ4v) is 3.28. The number of aromatic nitrogens is 1. The van der Waals surface area contributed by atoms with Crippen molar-refractivity contribution in [3.05, 3.63) is 52.2 Å². The number of rotatable bonds is 7. The first-order valence-corrected chi connectivity index (χ1v) is 8.83. The zero-order valence-corrected chi connectivity index (χ0v) is 13.7. The summed E-state index contributed by atoms with van der Waals surface area (Å²) >= 11 is 3.00. The zero-order valence-electron chi connectivity index (χ0n) is 12.0. The van der Waals surface area contributed by atoms with Gasteiger partial charge in [-0.3, -0.25) is 4.79 Å². The number of thioether (sulfide) groups is 1. The molecule has 0 aliphatic carbocycles. The summed E-state index contributed by atoms with van der Waals surface area (Å²) in [7, 11) is 0. The molecular formula is C15H17FN2O2S2. The molecule has 2 aromatic rings. The maximum Gasteiger partial charge on any atom is 0.230 e.